The van der Waals surface area contributed by atoms with Crippen LogP contribution in [0.2, 0.25) is 0 Å². The summed E-state index contributed by atoms with van der Waals surface area (Å²) in [5.74, 6) is -0.622. The maximum absolute atomic E-state index is 13.2. The van der Waals surface area contributed by atoms with E-state index in [9.17, 15) is 14.3 Å². The van der Waals surface area contributed by atoms with Crippen LogP contribution in [0.4, 0.5) is 9.18 Å². The normalized spacial score (nSPS) is 22.9. The SMILES string of the molecule is CC(C)(C)OC(=O)N1CC(O)C(c2cccc(F)c2)C1. The lowest BCUT2D eigenvalue weighted by molar-refractivity contribution is 0.0270. The van der Waals surface area contributed by atoms with Gasteiger partial charge in [-0.2, -0.15) is 0 Å². The van der Waals surface area contributed by atoms with Crippen molar-refractivity contribution in [1.29, 1.82) is 0 Å². The molecule has 1 saturated heterocycles. The molecule has 0 saturated carbocycles. The van der Waals surface area contributed by atoms with Crippen LogP contribution in [-0.2, 0) is 4.74 Å². The summed E-state index contributed by atoms with van der Waals surface area (Å²) in [4.78, 5) is 13.4. The van der Waals surface area contributed by atoms with Gasteiger partial charge in [-0.1, -0.05) is 12.1 Å². The Morgan fingerprint density at radius 2 is 2.10 bits per heavy atom. The number of amides is 1. The number of aliphatic hydroxyl groups is 1. The highest BCUT2D eigenvalue weighted by Crippen LogP contribution is 2.29. The van der Waals surface area contributed by atoms with Gasteiger partial charge in [-0.15, -0.1) is 0 Å². The molecular formula is C15H20FNO3. The largest absolute Gasteiger partial charge is 0.444 e. The minimum atomic E-state index is -0.704. The van der Waals surface area contributed by atoms with Gasteiger partial charge in [0, 0.05) is 12.5 Å². The average Bonchev–Trinajstić information content (AvgIpc) is 2.69. The number of β-amino-alcohol motifs (C(OH)–C–C–N with tert-alkyl or cyclic N) is 1. The Morgan fingerprint density at radius 3 is 2.70 bits per heavy atom. The molecule has 110 valence electrons. The third kappa shape index (κ3) is 3.48. The van der Waals surface area contributed by atoms with Crippen LogP contribution >= 0.6 is 0 Å². The van der Waals surface area contributed by atoms with Crippen LogP contribution in [-0.4, -0.2) is 40.9 Å². The number of nitrogens with zero attached hydrogens (tertiary/aromatic N) is 1. The summed E-state index contributed by atoms with van der Waals surface area (Å²) < 4.78 is 18.5. The molecule has 0 spiro atoms. The van der Waals surface area contributed by atoms with Crippen LogP contribution in [0.15, 0.2) is 24.3 Å². The maximum Gasteiger partial charge on any atom is 0.410 e. The van der Waals surface area contributed by atoms with Crippen molar-refractivity contribution in [1.82, 2.24) is 4.90 Å². The highest BCUT2D eigenvalue weighted by Gasteiger charge is 2.36. The van der Waals surface area contributed by atoms with Crippen molar-refractivity contribution in [2.45, 2.75) is 38.4 Å². The zero-order valence-electron chi connectivity index (χ0n) is 12.0. The summed E-state index contributed by atoms with van der Waals surface area (Å²) in [5.41, 5.74) is 0.127. The Morgan fingerprint density at radius 1 is 1.40 bits per heavy atom. The van der Waals surface area contributed by atoms with Crippen LogP contribution in [0.3, 0.4) is 0 Å². The number of benzene rings is 1. The lowest BCUT2D eigenvalue weighted by Gasteiger charge is -2.24. The molecule has 2 unspecified atom stereocenters. The average molecular weight is 281 g/mol. The van der Waals surface area contributed by atoms with E-state index < -0.39 is 17.8 Å². The van der Waals surface area contributed by atoms with Gasteiger partial charge in [0.15, 0.2) is 0 Å². The van der Waals surface area contributed by atoms with Gasteiger partial charge in [-0.05, 0) is 38.5 Å². The third-order valence-corrected chi connectivity index (χ3v) is 3.22. The fourth-order valence-electron chi connectivity index (χ4n) is 2.33. The van der Waals surface area contributed by atoms with Crippen LogP contribution in [0.1, 0.15) is 32.3 Å². The van der Waals surface area contributed by atoms with Crippen molar-refractivity contribution in [2.75, 3.05) is 13.1 Å². The van der Waals surface area contributed by atoms with Crippen molar-refractivity contribution in [3.05, 3.63) is 35.6 Å². The first kappa shape index (κ1) is 14.8. The first-order valence-electron chi connectivity index (χ1n) is 6.68. The molecule has 1 aromatic rings. The standard InChI is InChI=1S/C15H20FNO3/c1-15(2,3)20-14(19)17-8-12(13(18)9-17)10-5-4-6-11(16)7-10/h4-7,12-13,18H,8-9H2,1-3H3. The summed E-state index contributed by atoms with van der Waals surface area (Å²) >= 11 is 0. The molecule has 4 nitrogen and oxygen atoms in total. The summed E-state index contributed by atoms with van der Waals surface area (Å²) in [6.45, 7) is 5.92. The second-order valence-corrected chi connectivity index (χ2v) is 6.11. The highest BCUT2D eigenvalue weighted by molar-refractivity contribution is 5.68. The van der Waals surface area contributed by atoms with Gasteiger partial charge in [0.05, 0.1) is 12.6 Å². The van der Waals surface area contributed by atoms with E-state index in [0.717, 1.165) is 0 Å². The molecule has 0 bridgehead atoms. The lowest BCUT2D eigenvalue weighted by Crippen LogP contribution is -2.35. The molecule has 5 heteroatoms. The molecule has 0 aliphatic carbocycles. The van der Waals surface area contributed by atoms with Gasteiger partial charge in [-0.3, -0.25) is 0 Å². The van der Waals surface area contributed by atoms with Gasteiger partial charge in [-0.25, -0.2) is 9.18 Å². The Labute approximate surface area is 118 Å². The number of hydrogen-bond donors (Lipinski definition) is 1. The van der Waals surface area contributed by atoms with E-state index in [2.05, 4.69) is 0 Å². The van der Waals surface area contributed by atoms with Crippen molar-refractivity contribution < 1.29 is 19.0 Å². The molecule has 1 heterocycles. The van der Waals surface area contributed by atoms with E-state index in [1.165, 1.54) is 17.0 Å². The fourth-order valence-corrected chi connectivity index (χ4v) is 2.33. The van der Waals surface area contributed by atoms with Crippen LogP contribution in [0, 0.1) is 5.82 Å². The Balaban J connectivity index is 2.07. The van der Waals surface area contributed by atoms with Gasteiger partial charge < -0.3 is 14.7 Å². The van der Waals surface area contributed by atoms with Gasteiger partial charge in [0.2, 0.25) is 0 Å². The number of carbonyl (C=O) groups excluding carboxylic acids is 1. The monoisotopic (exact) mass is 281 g/mol. The lowest BCUT2D eigenvalue weighted by atomic mass is 9.96. The van der Waals surface area contributed by atoms with Crippen LogP contribution in [0.5, 0.6) is 0 Å². The van der Waals surface area contributed by atoms with Crippen molar-refractivity contribution in [3.8, 4) is 0 Å². The van der Waals surface area contributed by atoms with Crippen molar-refractivity contribution >= 4 is 6.09 Å². The molecule has 0 aromatic heterocycles. The molecule has 1 fully saturated rings. The number of carbonyl (C=O) groups is 1. The minimum absolute atomic E-state index is 0.204. The van der Waals surface area contributed by atoms with Crippen LogP contribution < -0.4 is 0 Å². The minimum Gasteiger partial charge on any atom is -0.444 e. The van der Waals surface area contributed by atoms with E-state index >= 15 is 0 Å². The summed E-state index contributed by atoms with van der Waals surface area (Å²) in [6.07, 6.45) is -1.15. The molecule has 1 aliphatic heterocycles. The number of aliphatic hydroxyl groups excluding tert-OH is 1. The zero-order chi connectivity index (χ0) is 14.9. The zero-order valence-corrected chi connectivity index (χ0v) is 12.0. The molecular weight excluding hydrogens is 261 g/mol. The summed E-state index contributed by atoms with van der Waals surface area (Å²) in [6, 6.07) is 6.12. The maximum atomic E-state index is 13.2. The topological polar surface area (TPSA) is 49.8 Å². The molecule has 1 amide bonds. The second kappa shape index (κ2) is 5.40. The molecule has 1 N–H and O–H groups in total. The number of hydrogen-bond acceptors (Lipinski definition) is 3. The van der Waals surface area contributed by atoms with E-state index in [1.807, 2.05) is 0 Å². The summed E-state index contributed by atoms with van der Waals surface area (Å²) in [7, 11) is 0. The highest BCUT2D eigenvalue weighted by atomic mass is 19.1. The van der Waals surface area contributed by atoms with Crippen molar-refractivity contribution in [2.24, 2.45) is 0 Å². The van der Waals surface area contributed by atoms with Gasteiger partial charge >= 0.3 is 6.09 Å². The molecule has 0 radical (unpaired) electrons. The van der Waals surface area contributed by atoms with Crippen LogP contribution in [0.25, 0.3) is 0 Å². The number of rotatable bonds is 1. The molecule has 1 aromatic carbocycles. The van der Waals surface area contributed by atoms with E-state index in [-0.39, 0.29) is 18.3 Å². The third-order valence-electron chi connectivity index (χ3n) is 3.22. The first-order valence-corrected chi connectivity index (χ1v) is 6.68. The Kier molecular flexibility index (Phi) is 3.99. The molecule has 20 heavy (non-hydrogen) atoms. The first-order chi connectivity index (χ1) is 9.26. The smallest absolute Gasteiger partial charge is 0.410 e. The number of likely N-dealkylation sites (tertiary alicyclic amines) is 1. The molecule has 2 rings (SSSR count). The molecule has 1 aliphatic rings. The number of ether oxygens (including phenoxy) is 1. The number of halogens is 1. The predicted molar refractivity (Wildman–Crippen MR) is 73.0 cm³/mol. The molecule has 2 atom stereocenters. The predicted octanol–water partition coefficient (Wildman–Crippen LogP) is 2.52. The second-order valence-electron chi connectivity index (χ2n) is 6.11. The Bertz CT molecular complexity index is 498. The van der Waals surface area contributed by atoms with Gasteiger partial charge in [0.1, 0.15) is 11.4 Å². The Hall–Kier alpha value is -1.62. The fraction of sp³-hybridized carbons (Fsp3) is 0.533. The quantitative estimate of drug-likeness (QED) is 0.860. The van der Waals surface area contributed by atoms with E-state index in [0.29, 0.717) is 12.1 Å². The van der Waals surface area contributed by atoms with Crippen molar-refractivity contribution in [3.63, 3.8) is 0 Å². The van der Waals surface area contributed by atoms with E-state index in [4.69, 9.17) is 4.74 Å². The summed E-state index contributed by atoms with van der Waals surface area (Å²) in [5, 5.41) is 10.1. The van der Waals surface area contributed by atoms with E-state index in [1.54, 1.807) is 32.9 Å². The van der Waals surface area contributed by atoms with Gasteiger partial charge in [0.25, 0.3) is 0 Å².